The summed E-state index contributed by atoms with van der Waals surface area (Å²) in [6.45, 7) is 8.18. The molecule has 1 aromatic rings. The maximum absolute atomic E-state index is 11.7. The molecule has 0 aliphatic heterocycles. The molecule has 0 radical (unpaired) electrons. The van der Waals surface area contributed by atoms with Crippen molar-refractivity contribution in [3.63, 3.8) is 0 Å². The molecule has 0 saturated carbocycles. The van der Waals surface area contributed by atoms with Crippen molar-refractivity contribution in [2.24, 2.45) is 0 Å². The Morgan fingerprint density at radius 1 is 1.18 bits per heavy atom. The summed E-state index contributed by atoms with van der Waals surface area (Å²) in [7, 11) is 0. The van der Waals surface area contributed by atoms with Crippen molar-refractivity contribution >= 4 is 11.7 Å². The molecule has 0 heterocycles. The zero-order valence-corrected chi connectivity index (χ0v) is 11.1. The fraction of sp³-hybridized carbons (Fsp3) is 0.500. The molecule has 2 N–H and O–H groups in total. The molecule has 0 spiro atoms. The first-order chi connectivity index (χ1) is 7.96. The second-order valence-corrected chi connectivity index (χ2v) is 4.87. The number of nitrogens with one attached hydrogen (secondary N) is 2. The van der Waals surface area contributed by atoms with Crippen LogP contribution >= 0.6 is 0 Å². The van der Waals surface area contributed by atoms with Crippen LogP contribution in [-0.4, -0.2) is 11.6 Å². The van der Waals surface area contributed by atoms with Gasteiger partial charge < -0.3 is 10.6 Å². The summed E-state index contributed by atoms with van der Waals surface area (Å²) in [4.78, 5) is 11.7. The van der Waals surface area contributed by atoms with E-state index >= 15 is 0 Å². The Morgan fingerprint density at radius 3 is 2.24 bits per heavy atom. The largest absolute Gasteiger partial charge is 0.333 e. The molecule has 17 heavy (non-hydrogen) atoms. The van der Waals surface area contributed by atoms with Gasteiger partial charge in [0.15, 0.2) is 0 Å². The molecule has 3 nitrogen and oxygen atoms in total. The highest BCUT2D eigenvalue weighted by Crippen LogP contribution is 2.11. The molecule has 0 aliphatic carbocycles. The van der Waals surface area contributed by atoms with Gasteiger partial charge in [-0.05, 0) is 44.4 Å². The highest BCUT2D eigenvalue weighted by Gasteiger charge is 2.17. The molecule has 0 aliphatic rings. The molecule has 3 heteroatoms. The lowest BCUT2D eigenvalue weighted by atomic mass is 10.0. The highest BCUT2D eigenvalue weighted by molar-refractivity contribution is 5.89. The second kappa shape index (κ2) is 5.71. The smallest absolute Gasteiger partial charge is 0.319 e. The number of hydrogen-bond donors (Lipinski definition) is 2. The van der Waals surface area contributed by atoms with Crippen LogP contribution in [0.15, 0.2) is 24.3 Å². The maximum Gasteiger partial charge on any atom is 0.319 e. The predicted octanol–water partition coefficient (Wildman–Crippen LogP) is 3.56. The fourth-order valence-corrected chi connectivity index (χ4v) is 1.38. The van der Waals surface area contributed by atoms with E-state index < -0.39 is 0 Å². The summed E-state index contributed by atoms with van der Waals surface area (Å²) in [5.41, 5.74) is 1.92. The summed E-state index contributed by atoms with van der Waals surface area (Å²) in [6, 6.07) is 7.76. The van der Waals surface area contributed by atoms with Crippen LogP contribution in [0.2, 0.25) is 0 Å². The van der Waals surface area contributed by atoms with Gasteiger partial charge >= 0.3 is 6.03 Å². The van der Waals surface area contributed by atoms with E-state index in [0.29, 0.717) is 0 Å². The normalized spacial score (nSPS) is 11.1. The molecular formula is C14H22N2O. The first kappa shape index (κ1) is 13.6. The van der Waals surface area contributed by atoms with Gasteiger partial charge in [-0.2, -0.15) is 0 Å². The zero-order valence-electron chi connectivity index (χ0n) is 11.1. The van der Waals surface area contributed by atoms with Gasteiger partial charge in [-0.1, -0.05) is 26.0 Å². The van der Waals surface area contributed by atoms with E-state index in [-0.39, 0.29) is 11.6 Å². The van der Waals surface area contributed by atoms with E-state index in [4.69, 9.17) is 0 Å². The molecule has 0 saturated heterocycles. The van der Waals surface area contributed by atoms with Gasteiger partial charge in [-0.25, -0.2) is 4.79 Å². The van der Waals surface area contributed by atoms with Crippen molar-refractivity contribution in [3.05, 3.63) is 29.8 Å². The Kier molecular flexibility index (Phi) is 4.55. The van der Waals surface area contributed by atoms with Crippen LogP contribution in [0.5, 0.6) is 0 Å². The maximum atomic E-state index is 11.7. The number of aryl methyl sites for hydroxylation is 1. The van der Waals surface area contributed by atoms with E-state index in [2.05, 4.69) is 24.5 Å². The van der Waals surface area contributed by atoms with E-state index in [1.54, 1.807) is 0 Å². The summed E-state index contributed by atoms with van der Waals surface area (Å²) in [6.07, 6.45) is 1.91. The lowest BCUT2D eigenvalue weighted by molar-refractivity contribution is 0.240. The third-order valence-corrected chi connectivity index (χ3v) is 2.96. The van der Waals surface area contributed by atoms with Crippen LogP contribution in [0.1, 0.15) is 39.7 Å². The van der Waals surface area contributed by atoms with Gasteiger partial charge in [0.1, 0.15) is 0 Å². The van der Waals surface area contributed by atoms with Crippen LogP contribution in [0.25, 0.3) is 0 Å². The molecule has 0 fully saturated rings. The first-order valence-corrected chi connectivity index (χ1v) is 6.15. The number of amides is 2. The minimum absolute atomic E-state index is 0.152. The van der Waals surface area contributed by atoms with Gasteiger partial charge in [-0.15, -0.1) is 0 Å². The number of urea groups is 1. The molecular weight excluding hydrogens is 212 g/mol. The predicted molar refractivity (Wildman–Crippen MR) is 72.3 cm³/mol. The van der Waals surface area contributed by atoms with Gasteiger partial charge in [0, 0.05) is 11.2 Å². The summed E-state index contributed by atoms with van der Waals surface area (Å²) in [5, 5.41) is 5.77. The van der Waals surface area contributed by atoms with E-state index in [1.807, 2.05) is 38.1 Å². The fourth-order valence-electron chi connectivity index (χ4n) is 1.38. The van der Waals surface area contributed by atoms with Crippen LogP contribution < -0.4 is 10.6 Å². The monoisotopic (exact) mass is 234 g/mol. The minimum Gasteiger partial charge on any atom is -0.333 e. The van der Waals surface area contributed by atoms with Crippen LogP contribution in [0.4, 0.5) is 10.5 Å². The molecule has 0 atom stereocenters. The number of hydrogen-bond acceptors (Lipinski definition) is 1. The molecule has 94 valence electrons. The van der Waals surface area contributed by atoms with Crippen molar-refractivity contribution in [2.45, 2.75) is 46.1 Å². The van der Waals surface area contributed by atoms with Gasteiger partial charge in [0.05, 0.1) is 0 Å². The van der Waals surface area contributed by atoms with Crippen LogP contribution in [-0.2, 0) is 6.42 Å². The first-order valence-electron chi connectivity index (χ1n) is 6.15. The van der Waals surface area contributed by atoms with Crippen molar-refractivity contribution < 1.29 is 4.79 Å². The Balaban J connectivity index is 2.56. The summed E-state index contributed by atoms with van der Waals surface area (Å²) < 4.78 is 0. The quantitative estimate of drug-likeness (QED) is 0.821. The number of benzene rings is 1. The van der Waals surface area contributed by atoms with Crippen molar-refractivity contribution in [1.82, 2.24) is 5.32 Å². The number of rotatable bonds is 4. The van der Waals surface area contributed by atoms with Crippen LogP contribution in [0.3, 0.4) is 0 Å². The lowest BCUT2D eigenvalue weighted by Crippen LogP contribution is -2.45. The van der Waals surface area contributed by atoms with E-state index in [1.165, 1.54) is 5.56 Å². The standard InChI is InChI=1S/C14H22N2O/c1-5-11-7-9-12(10-8-11)15-13(17)16-14(3,4)6-2/h7-10H,5-6H2,1-4H3,(H2,15,16,17). The van der Waals surface area contributed by atoms with Crippen molar-refractivity contribution in [2.75, 3.05) is 5.32 Å². The van der Waals surface area contributed by atoms with Gasteiger partial charge in [-0.3, -0.25) is 0 Å². The van der Waals surface area contributed by atoms with Crippen molar-refractivity contribution in [1.29, 1.82) is 0 Å². The molecule has 0 unspecified atom stereocenters. The second-order valence-electron chi connectivity index (χ2n) is 4.87. The van der Waals surface area contributed by atoms with Crippen LogP contribution in [0, 0.1) is 0 Å². The number of anilines is 1. The average Bonchev–Trinajstić information content (AvgIpc) is 2.29. The summed E-state index contributed by atoms with van der Waals surface area (Å²) >= 11 is 0. The topological polar surface area (TPSA) is 41.1 Å². The Hall–Kier alpha value is -1.51. The third kappa shape index (κ3) is 4.47. The third-order valence-electron chi connectivity index (χ3n) is 2.96. The molecule has 0 aromatic heterocycles. The average molecular weight is 234 g/mol. The number of carbonyl (C=O) groups excluding carboxylic acids is 1. The Morgan fingerprint density at radius 2 is 1.76 bits per heavy atom. The SMILES string of the molecule is CCc1ccc(NC(=O)NC(C)(C)CC)cc1. The van der Waals surface area contributed by atoms with Crippen molar-refractivity contribution in [3.8, 4) is 0 Å². The van der Waals surface area contributed by atoms with Gasteiger partial charge in [0.2, 0.25) is 0 Å². The molecule has 0 bridgehead atoms. The lowest BCUT2D eigenvalue weighted by Gasteiger charge is -2.24. The molecule has 2 amide bonds. The van der Waals surface area contributed by atoms with E-state index in [9.17, 15) is 4.79 Å². The zero-order chi connectivity index (χ0) is 12.9. The van der Waals surface area contributed by atoms with Gasteiger partial charge in [0.25, 0.3) is 0 Å². The summed E-state index contributed by atoms with van der Waals surface area (Å²) in [5.74, 6) is 0. The molecule has 1 aromatic carbocycles. The highest BCUT2D eigenvalue weighted by atomic mass is 16.2. The number of carbonyl (C=O) groups is 1. The molecule has 1 rings (SSSR count). The van der Waals surface area contributed by atoms with E-state index in [0.717, 1.165) is 18.5 Å². The Labute approximate surface area is 104 Å². The Bertz CT molecular complexity index is 368. The minimum atomic E-state index is -0.173.